The van der Waals surface area contributed by atoms with Crippen molar-refractivity contribution in [3.63, 3.8) is 0 Å². The third kappa shape index (κ3) is 2.96. The van der Waals surface area contributed by atoms with E-state index in [1.54, 1.807) is 52.3 Å². The molecule has 0 spiro atoms. The first-order valence-corrected chi connectivity index (χ1v) is 6.90. The molecule has 1 aromatic heterocycles. The Kier molecular flexibility index (Phi) is 4.12. The van der Waals surface area contributed by atoms with Gasteiger partial charge in [-0.05, 0) is 49.7 Å². The monoisotopic (exact) mass is 307 g/mol. The van der Waals surface area contributed by atoms with E-state index in [1.807, 2.05) is 6.07 Å². The normalized spacial score (nSPS) is 11.5. The molecule has 1 N–H and O–H groups in total. The van der Waals surface area contributed by atoms with Crippen LogP contribution in [-0.4, -0.2) is 16.8 Å². The first kappa shape index (κ1) is 15.6. The molecule has 2 aromatic rings. The van der Waals surface area contributed by atoms with Gasteiger partial charge in [-0.3, -0.25) is 4.79 Å². The average molecular weight is 308 g/mol. The van der Waals surface area contributed by atoms with E-state index in [4.69, 9.17) is 16.3 Å². The summed E-state index contributed by atoms with van der Waals surface area (Å²) in [6.45, 7) is 3.18. The minimum absolute atomic E-state index is 0.230. The second kappa shape index (κ2) is 5.54. The van der Waals surface area contributed by atoms with Crippen LogP contribution in [0.3, 0.4) is 0 Å². The van der Waals surface area contributed by atoms with Crippen molar-refractivity contribution in [2.75, 3.05) is 7.11 Å². The van der Waals surface area contributed by atoms with Crippen molar-refractivity contribution in [1.29, 1.82) is 0 Å². The van der Waals surface area contributed by atoms with E-state index >= 15 is 0 Å². The zero-order chi connectivity index (χ0) is 15.8. The third-order valence-corrected chi connectivity index (χ3v) is 3.71. The van der Waals surface area contributed by atoms with Gasteiger partial charge in [-0.1, -0.05) is 11.6 Å². The van der Waals surface area contributed by atoms with Gasteiger partial charge in [0.1, 0.15) is 5.75 Å². The number of halogens is 1. The lowest BCUT2D eigenvalue weighted by Gasteiger charge is -2.19. The summed E-state index contributed by atoms with van der Waals surface area (Å²) in [5.41, 5.74) is 0.478. The van der Waals surface area contributed by atoms with Crippen LogP contribution in [0.5, 0.6) is 5.75 Å². The maximum absolute atomic E-state index is 12.4. The van der Waals surface area contributed by atoms with Crippen molar-refractivity contribution in [1.82, 2.24) is 4.57 Å². The van der Waals surface area contributed by atoms with Crippen LogP contribution in [-0.2, 0) is 12.6 Å². The standard InChI is InChI=1S/C16H18ClNO3/c1-16(2,20)11-6-7-13(18(3)15(11)19)10-5-8-14(21-4)12(17)9-10/h5-9,20H,1-4H3. The van der Waals surface area contributed by atoms with Crippen LogP contribution in [0.2, 0.25) is 5.02 Å². The molecule has 1 aromatic carbocycles. The molecule has 5 heteroatoms. The molecular weight excluding hydrogens is 290 g/mol. The molecule has 0 unspecified atom stereocenters. The summed E-state index contributed by atoms with van der Waals surface area (Å²) < 4.78 is 6.63. The van der Waals surface area contributed by atoms with Gasteiger partial charge in [-0.25, -0.2) is 0 Å². The van der Waals surface area contributed by atoms with E-state index in [1.165, 1.54) is 4.57 Å². The zero-order valence-electron chi connectivity index (χ0n) is 12.5. The molecule has 2 rings (SSSR count). The molecule has 0 saturated heterocycles. The molecular formula is C16H18ClNO3. The summed E-state index contributed by atoms with van der Waals surface area (Å²) in [6, 6.07) is 8.79. The van der Waals surface area contributed by atoms with Crippen molar-refractivity contribution in [3.8, 4) is 17.0 Å². The minimum Gasteiger partial charge on any atom is -0.495 e. The highest BCUT2D eigenvalue weighted by Gasteiger charge is 2.21. The quantitative estimate of drug-likeness (QED) is 0.948. The lowest BCUT2D eigenvalue weighted by Crippen LogP contribution is -2.31. The van der Waals surface area contributed by atoms with E-state index in [0.29, 0.717) is 16.3 Å². The lowest BCUT2D eigenvalue weighted by molar-refractivity contribution is 0.0766. The summed E-state index contributed by atoms with van der Waals surface area (Å²) in [5, 5.41) is 10.5. The molecule has 112 valence electrons. The smallest absolute Gasteiger partial charge is 0.256 e. The minimum atomic E-state index is -1.18. The Hall–Kier alpha value is -1.78. The van der Waals surface area contributed by atoms with Crippen LogP contribution >= 0.6 is 11.6 Å². The number of pyridine rings is 1. The number of aromatic nitrogens is 1. The molecule has 0 bridgehead atoms. The van der Waals surface area contributed by atoms with Gasteiger partial charge < -0.3 is 14.4 Å². The molecule has 0 saturated carbocycles. The van der Waals surface area contributed by atoms with Crippen molar-refractivity contribution in [3.05, 3.63) is 51.3 Å². The Morgan fingerprint density at radius 2 is 1.90 bits per heavy atom. The van der Waals surface area contributed by atoms with Crippen LogP contribution < -0.4 is 10.3 Å². The molecule has 0 aliphatic heterocycles. The van der Waals surface area contributed by atoms with Crippen LogP contribution in [0.15, 0.2) is 35.1 Å². The van der Waals surface area contributed by atoms with E-state index in [2.05, 4.69) is 0 Å². The molecule has 0 atom stereocenters. The second-order valence-corrected chi connectivity index (χ2v) is 5.81. The maximum atomic E-state index is 12.4. The highest BCUT2D eigenvalue weighted by molar-refractivity contribution is 6.32. The summed E-state index contributed by atoms with van der Waals surface area (Å²) in [7, 11) is 3.22. The number of ether oxygens (including phenoxy) is 1. The van der Waals surface area contributed by atoms with E-state index in [9.17, 15) is 9.90 Å². The predicted octanol–water partition coefficient (Wildman–Crippen LogP) is 2.94. The Morgan fingerprint density at radius 1 is 1.24 bits per heavy atom. The van der Waals surface area contributed by atoms with Gasteiger partial charge in [0.25, 0.3) is 5.56 Å². The Morgan fingerprint density at radius 3 is 2.43 bits per heavy atom. The van der Waals surface area contributed by atoms with E-state index < -0.39 is 5.60 Å². The molecule has 21 heavy (non-hydrogen) atoms. The van der Waals surface area contributed by atoms with Crippen molar-refractivity contribution >= 4 is 11.6 Å². The maximum Gasteiger partial charge on any atom is 0.256 e. The van der Waals surface area contributed by atoms with Crippen LogP contribution in [0.1, 0.15) is 19.4 Å². The number of methoxy groups -OCH3 is 1. The number of rotatable bonds is 3. The van der Waals surface area contributed by atoms with Gasteiger partial charge in [-0.2, -0.15) is 0 Å². The summed E-state index contributed by atoms with van der Waals surface area (Å²) in [5.74, 6) is 0.582. The zero-order valence-corrected chi connectivity index (χ0v) is 13.2. The van der Waals surface area contributed by atoms with Crippen LogP contribution in [0, 0.1) is 0 Å². The van der Waals surface area contributed by atoms with Gasteiger partial charge in [0.15, 0.2) is 0 Å². The fourth-order valence-corrected chi connectivity index (χ4v) is 2.47. The van der Waals surface area contributed by atoms with Crippen molar-refractivity contribution in [2.45, 2.75) is 19.4 Å². The second-order valence-electron chi connectivity index (χ2n) is 5.40. The highest BCUT2D eigenvalue weighted by Crippen LogP contribution is 2.30. The fourth-order valence-electron chi connectivity index (χ4n) is 2.22. The molecule has 4 nitrogen and oxygen atoms in total. The van der Waals surface area contributed by atoms with Gasteiger partial charge in [0.2, 0.25) is 0 Å². The summed E-state index contributed by atoms with van der Waals surface area (Å²) in [4.78, 5) is 12.4. The average Bonchev–Trinajstić information content (AvgIpc) is 2.40. The van der Waals surface area contributed by atoms with E-state index in [0.717, 1.165) is 11.3 Å². The number of aliphatic hydroxyl groups is 1. The Bertz CT molecular complexity index is 729. The Balaban J connectivity index is 2.59. The summed E-state index contributed by atoms with van der Waals surface area (Å²) >= 11 is 6.12. The SMILES string of the molecule is COc1ccc(-c2ccc(C(C)(C)O)c(=O)n2C)cc1Cl. The molecule has 0 aliphatic rings. The first-order chi connectivity index (χ1) is 9.75. The lowest BCUT2D eigenvalue weighted by atomic mass is 9.99. The molecule has 0 radical (unpaired) electrons. The van der Waals surface area contributed by atoms with Crippen LogP contribution in [0.4, 0.5) is 0 Å². The molecule has 0 amide bonds. The highest BCUT2D eigenvalue weighted by atomic mass is 35.5. The topological polar surface area (TPSA) is 51.5 Å². The molecule has 1 heterocycles. The number of hydrogen-bond donors (Lipinski definition) is 1. The Labute approximate surface area is 128 Å². The van der Waals surface area contributed by atoms with Crippen molar-refractivity contribution in [2.24, 2.45) is 7.05 Å². The van der Waals surface area contributed by atoms with Gasteiger partial charge >= 0.3 is 0 Å². The van der Waals surface area contributed by atoms with Gasteiger partial charge in [0.05, 0.1) is 23.4 Å². The predicted molar refractivity (Wildman–Crippen MR) is 83.9 cm³/mol. The van der Waals surface area contributed by atoms with Crippen LogP contribution in [0.25, 0.3) is 11.3 Å². The third-order valence-electron chi connectivity index (χ3n) is 3.41. The fraction of sp³-hybridized carbons (Fsp3) is 0.312. The largest absolute Gasteiger partial charge is 0.495 e. The number of hydrogen-bond acceptors (Lipinski definition) is 3. The summed E-state index contributed by atoms with van der Waals surface area (Å²) in [6.07, 6.45) is 0. The van der Waals surface area contributed by atoms with Crippen molar-refractivity contribution < 1.29 is 9.84 Å². The molecule has 0 fully saturated rings. The van der Waals surface area contributed by atoms with E-state index in [-0.39, 0.29) is 5.56 Å². The molecule has 0 aliphatic carbocycles. The number of nitrogens with zero attached hydrogens (tertiary/aromatic N) is 1. The van der Waals surface area contributed by atoms with Gasteiger partial charge in [-0.15, -0.1) is 0 Å². The number of benzene rings is 1. The van der Waals surface area contributed by atoms with Gasteiger partial charge in [0, 0.05) is 12.6 Å². The first-order valence-electron chi connectivity index (χ1n) is 6.52.